The zero-order valence-corrected chi connectivity index (χ0v) is 14.5. The predicted molar refractivity (Wildman–Crippen MR) is 95.3 cm³/mol. The summed E-state index contributed by atoms with van der Waals surface area (Å²) < 4.78 is 0. The lowest BCUT2D eigenvalue weighted by molar-refractivity contribution is 0.0645. The lowest BCUT2D eigenvalue weighted by Gasteiger charge is -2.32. The Bertz CT molecular complexity index is 458. The molecule has 2 unspecified atom stereocenters. The van der Waals surface area contributed by atoms with E-state index in [-0.39, 0.29) is 6.10 Å². The molecule has 3 nitrogen and oxygen atoms in total. The molecule has 23 heavy (non-hydrogen) atoms. The van der Waals surface area contributed by atoms with Crippen molar-refractivity contribution in [3.63, 3.8) is 0 Å². The zero-order chi connectivity index (χ0) is 16.1. The third kappa shape index (κ3) is 4.79. The molecule has 2 aliphatic rings. The van der Waals surface area contributed by atoms with Crippen LogP contribution in [-0.2, 0) is 6.54 Å². The van der Waals surface area contributed by atoms with Crippen LogP contribution < -0.4 is 0 Å². The number of aliphatic hydroxyl groups is 1. The molecule has 0 aromatic heterocycles. The Morgan fingerprint density at radius 1 is 1.13 bits per heavy atom. The van der Waals surface area contributed by atoms with Gasteiger partial charge in [-0.15, -0.1) is 0 Å². The van der Waals surface area contributed by atoms with E-state index in [0.29, 0.717) is 0 Å². The van der Waals surface area contributed by atoms with Crippen molar-refractivity contribution in [1.29, 1.82) is 0 Å². The summed E-state index contributed by atoms with van der Waals surface area (Å²) in [7, 11) is 2.11. The number of likely N-dealkylation sites (N-methyl/N-ethyl adjacent to an activating group) is 1. The van der Waals surface area contributed by atoms with E-state index in [9.17, 15) is 5.11 Å². The van der Waals surface area contributed by atoms with Crippen LogP contribution in [0.4, 0.5) is 0 Å². The molecule has 1 aliphatic heterocycles. The van der Waals surface area contributed by atoms with Crippen LogP contribution in [0.15, 0.2) is 30.3 Å². The van der Waals surface area contributed by atoms with E-state index in [1.54, 1.807) is 0 Å². The smallest absolute Gasteiger partial charge is 0.0793 e. The number of benzene rings is 1. The maximum Gasteiger partial charge on any atom is 0.0793 e. The molecular formula is C20H32N2O. The van der Waals surface area contributed by atoms with Gasteiger partial charge in [-0.3, -0.25) is 9.80 Å². The average Bonchev–Trinajstić information content (AvgIpc) is 3.18. The SMILES string of the molecule is CN(Cc1ccccc1)CC(O)CN1CCCC1C1CCCC1. The summed E-state index contributed by atoms with van der Waals surface area (Å²) in [5.41, 5.74) is 1.31. The van der Waals surface area contributed by atoms with Crippen molar-refractivity contribution in [2.45, 2.75) is 57.2 Å². The number of aliphatic hydroxyl groups excluding tert-OH is 1. The third-order valence-electron chi connectivity index (χ3n) is 5.62. The van der Waals surface area contributed by atoms with Gasteiger partial charge in [-0.25, -0.2) is 0 Å². The third-order valence-corrected chi connectivity index (χ3v) is 5.62. The highest BCUT2D eigenvalue weighted by Crippen LogP contribution is 2.35. The van der Waals surface area contributed by atoms with Crippen LogP contribution in [0.25, 0.3) is 0 Å². The van der Waals surface area contributed by atoms with E-state index in [1.807, 2.05) is 0 Å². The second kappa shape index (κ2) is 8.27. The van der Waals surface area contributed by atoms with Crippen molar-refractivity contribution in [2.24, 2.45) is 5.92 Å². The molecule has 0 amide bonds. The van der Waals surface area contributed by atoms with Crippen molar-refractivity contribution in [3.8, 4) is 0 Å². The first-order valence-corrected chi connectivity index (χ1v) is 9.37. The zero-order valence-electron chi connectivity index (χ0n) is 14.5. The van der Waals surface area contributed by atoms with Crippen LogP contribution in [0.5, 0.6) is 0 Å². The highest BCUT2D eigenvalue weighted by Gasteiger charge is 2.33. The number of likely N-dealkylation sites (tertiary alicyclic amines) is 1. The van der Waals surface area contributed by atoms with Gasteiger partial charge in [0.25, 0.3) is 0 Å². The second-order valence-corrected chi connectivity index (χ2v) is 7.59. The molecule has 1 aromatic rings. The molecule has 128 valence electrons. The summed E-state index contributed by atoms with van der Waals surface area (Å²) in [6.07, 6.45) is 8.06. The Hall–Kier alpha value is -0.900. The van der Waals surface area contributed by atoms with E-state index < -0.39 is 0 Å². The highest BCUT2D eigenvalue weighted by atomic mass is 16.3. The highest BCUT2D eigenvalue weighted by molar-refractivity contribution is 5.14. The quantitative estimate of drug-likeness (QED) is 0.837. The first kappa shape index (κ1) is 16.9. The van der Waals surface area contributed by atoms with E-state index in [2.05, 4.69) is 47.2 Å². The van der Waals surface area contributed by atoms with E-state index in [1.165, 1.54) is 50.6 Å². The number of nitrogens with zero attached hydrogens (tertiary/aromatic N) is 2. The fourth-order valence-electron chi connectivity index (χ4n) is 4.60. The van der Waals surface area contributed by atoms with Gasteiger partial charge in [0.1, 0.15) is 0 Å². The van der Waals surface area contributed by atoms with Gasteiger partial charge in [-0.2, -0.15) is 0 Å². The predicted octanol–water partition coefficient (Wildman–Crippen LogP) is 3.13. The number of hydrogen-bond acceptors (Lipinski definition) is 3. The molecular weight excluding hydrogens is 284 g/mol. The topological polar surface area (TPSA) is 26.7 Å². The minimum absolute atomic E-state index is 0.245. The van der Waals surface area contributed by atoms with Gasteiger partial charge < -0.3 is 5.11 Å². The molecule has 3 rings (SSSR count). The fraction of sp³-hybridized carbons (Fsp3) is 0.700. The Kier molecular flexibility index (Phi) is 6.09. The number of hydrogen-bond donors (Lipinski definition) is 1. The normalized spacial score (nSPS) is 24.6. The van der Waals surface area contributed by atoms with Crippen LogP contribution in [0.1, 0.15) is 44.1 Å². The Morgan fingerprint density at radius 2 is 1.87 bits per heavy atom. The molecule has 1 saturated heterocycles. The molecule has 1 heterocycles. The molecule has 0 radical (unpaired) electrons. The Labute approximate surface area is 141 Å². The first-order chi connectivity index (χ1) is 11.2. The summed E-state index contributed by atoms with van der Waals surface area (Å²) in [5.74, 6) is 0.895. The first-order valence-electron chi connectivity index (χ1n) is 9.37. The van der Waals surface area contributed by atoms with Crippen molar-refractivity contribution in [1.82, 2.24) is 9.80 Å². The Morgan fingerprint density at radius 3 is 2.61 bits per heavy atom. The second-order valence-electron chi connectivity index (χ2n) is 7.59. The lowest BCUT2D eigenvalue weighted by atomic mass is 9.96. The average molecular weight is 316 g/mol. The van der Waals surface area contributed by atoms with Crippen LogP contribution in [0.3, 0.4) is 0 Å². The molecule has 1 aromatic carbocycles. The van der Waals surface area contributed by atoms with Crippen LogP contribution in [0.2, 0.25) is 0 Å². The van der Waals surface area contributed by atoms with E-state index in [0.717, 1.165) is 31.6 Å². The van der Waals surface area contributed by atoms with Gasteiger partial charge in [0.2, 0.25) is 0 Å². The maximum atomic E-state index is 10.5. The van der Waals surface area contributed by atoms with Gasteiger partial charge in [-0.05, 0) is 50.8 Å². The van der Waals surface area contributed by atoms with Gasteiger partial charge in [0, 0.05) is 25.7 Å². The lowest BCUT2D eigenvalue weighted by Crippen LogP contribution is -2.43. The molecule has 0 bridgehead atoms. The summed E-state index contributed by atoms with van der Waals surface area (Å²) >= 11 is 0. The Balaban J connectivity index is 1.45. The molecule has 1 saturated carbocycles. The van der Waals surface area contributed by atoms with Gasteiger partial charge in [0.15, 0.2) is 0 Å². The molecule has 2 atom stereocenters. The molecule has 3 heteroatoms. The fourth-order valence-corrected chi connectivity index (χ4v) is 4.60. The van der Waals surface area contributed by atoms with Crippen molar-refractivity contribution >= 4 is 0 Å². The summed E-state index contributed by atoms with van der Waals surface area (Å²) in [4.78, 5) is 4.82. The van der Waals surface area contributed by atoms with Gasteiger partial charge in [0.05, 0.1) is 6.10 Å². The van der Waals surface area contributed by atoms with Crippen LogP contribution >= 0.6 is 0 Å². The standard InChI is InChI=1S/C20H32N2O/c1-21(14-17-8-3-2-4-9-17)15-19(23)16-22-13-7-12-20(22)18-10-5-6-11-18/h2-4,8-9,18-20,23H,5-7,10-16H2,1H3. The molecule has 1 aliphatic carbocycles. The minimum atomic E-state index is -0.245. The maximum absolute atomic E-state index is 10.5. The van der Waals surface area contributed by atoms with Gasteiger partial charge >= 0.3 is 0 Å². The van der Waals surface area contributed by atoms with Crippen molar-refractivity contribution in [3.05, 3.63) is 35.9 Å². The minimum Gasteiger partial charge on any atom is -0.390 e. The van der Waals surface area contributed by atoms with Crippen LogP contribution in [0, 0.1) is 5.92 Å². The molecule has 0 spiro atoms. The largest absolute Gasteiger partial charge is 0.390 e. The van der Waals surface area contributed by atoms with E-state index in [4.69, 9.17) is 0 Å². The van der Waals surface area contributed by atoms with E-state index >= 15 is 0 Å². The molecule has 1 N–H and O–H groups in total. The number of rotatable bonds is 7. The van der Waals surface area contributed by atoms with Crippen LogP contribution in [-0.4, -0.2) is 53.7 Å². The summed E-state index contributed by atoms with van der Waals surface area (Å²) in [6.45, 7) is 3.69. The molecule has 2 fully saturated rings. The summed E-state index contributed by atoms with van der Waals surface area (Å²) in [6, 6.07) is 11.3. The van der Waals surface area contributed by atoms with Crippen molar-refractivity contribution in [2.75, 3.05) is 26.7 Å². The monoisotopic (exact) mass is 316 g/mol. The van der Waals surface area contributed by atoms with Gasteiger partial charge in [-0.1, -0.05) is 43.2 Å². The van der Waals surface area contributed by atoms with Crippen molar-refractivity contribution < 1.29 is 5.11 Å². The summed E-state index contributed by atoms with van der Waals surface area (Å²) in [5, 5.41) is 10.5. The number of β-amino-alcohol motifs (C(OH)–C–C–N with tert-alkyl or cyclic N) is 1.